The molecule has 1 nitrogen and oxygen atoms in total. The standard InChI is InChI=1S/C21H26O/c1-15(17-8-6-16(14-22)7-9-17)19-11-10-18-5-4-12-21(2,3)20(18)13-19/h6-9,14,19H,1,4-5,10-13H2,2-3H3. The van der Waals surface area contributed by atoms with Crippen molar-refractivity contribution in [3.8, 4) is 0 Å². The van der Waals surface area contributed by atoms with Crippen LogP contribution in [-0.4, -0.2) is 6.29 Å². The van der Waals surface area contributed by atoms with E-state index in [0.717, 1.165) is 11.8 Å². The second-order valence-electron chi connectivity index (χ2n) is 7.52. The van der Waals surface area contributed by atoms with Crippen molar-refractivity contribution in [2.24, 2.45) is 11.3 Å². The number of hydrogen-bond acceptors (Lipinski definition) is 1. The third-order valence-electron chi connectivity index (χ3n) is 5.68. The SMILES string of the molecule is C=C(c1ccc(C=O)cc1)C1CCC2=C(C1)C(C)(C)CCC2. The maximum Gasteiger partial charge on any atom is 0.150 e. The largest absolute Gasteiger partial charge is 0.298 e. The topological polar surface area (TPSA) is 17.1 Å². The summed E-state index contributed by atoms with van der Waals surface area (Å²) in [6, 6.07) is 7.88. The van der Waals surface area contributed by atoms with Gasteiger partial charge < -0.3 is 0 Å². The highest BCUT2D eigenvalue weighted by Gasteiger charge is 2.34. The summed E-state index contributed by atoms with van der Waals surface area (Å²) in [5, 5.41) is 0. The van der Waals surface area contributed by atoms with Crippen LogP contribution in [0.25, 0.3) is 5.57 Å². The van der Waals surface area contributed by atoms with Crippen molar-refractivity contribution < 1.29 is 4.79 Å². The van der Waals surface area contributed by atoms with Gasteiger partial charge in [-0.05, 0) is 61.0 Å². The van der Waals surface area contributed by atoms with Gasteiger partial charge in [-0.25, -0.2) is 0 Å². The fourth-order valence-electron chi connectivity index (χ4n) is 4.23. The van der Waals surface area contributed by atoms with Crippen molar-refractivity contribution >= 4 is 11.9 Å². The molecular weight excluding hydrogens is 268 g/mol. The maximum absolute atomic E-state index is 10.8. The van der Waals surface area contributed by atoms with Crippen LogP contribution in [0.4, 0.5) is 0 Å². The summed E-state index contributed by atoms with van der Waals surface area (Å²) in [5.74, 6) is 0.554. The molecule has 116 valence electrons. The van der Waals surface area contributed by atoms with E-state index in [1.54, 1.807) is 11.1 Å². The molecule has 0 bridgehead atoms. The summed E-state index contributed by atoms with van der Waals surface area (Å²) in [6.45, 7) is 9.20. The maximum atomic E-state index is 10.8. The molecule has 0 amide bonds. The third-order valence-corrected chi connectivity index (χ3v) is 5.68. The molecule has 0 aliphatic heterocycles. The van der Waals surface area contributed by atoms with E-state index in [0.29, 0.717) is 11.3 Å². The molecule has 0 aromatic heterocycles. The van der Waals surface area contributed by atoms with Crippen LogP contribution in [0.15, 0.2) is 42.0 Å². The quantitative estimate of drug-likeness (QED) is 0.507. The first-order valence-corrected chi connectivity index (χ1v) is 8.47. The van der Waals surface area contributed by atoms with Gasteiger partial charge in [0.15, 0.2) is 0 Å². The third kappa shape index (κ3) is 2.82. The predicted molar refractivity (Wildman–Crippen MR) is 92.9 cm³/mol. The molecular formula is C21H26O. The zero-order valence-corrected chi connectivity index (χ0v) is 13.8. The van der Waals surface area contributed by atoms with Gasteiger partial charge in [0.25, 0.3) is 0 Å². The Labute approximate surface area is 134 Å². The lowest BCUT2D eigenvalue weighted by molar-refractivity contribution is 0.112. The van der Waals surface area contributed by atoms with E-state index in [1.165, 1.54) is 49.7 Å². The smallest absolute Gasteiger partial charge is 0.150 e. The van der Waals surface area contributed by atoms with Crippen LogP contribution >= 0.6 is 0 Å². The monoisotopic (exact) mass is 294 g/mol. The summed E-state index contributed by atoms with van der Waals surface area (Å²) >= 11 is 0. The predicted octanol–water partition coefficient (Wildman–Crippen LogP) is 5.82. The highest BCUT2D eigenvalue weighted by atomic mass is 16.1. The average Bonchev–Trinajstić information content (AvgIpc) is 2.54. The minimum Gasteiger partial charge on any atom is -0.298 e. The fourth-order valence-corrected chi connectivity index (χ4v) is 4.23. The number of carbonyl (C=O) groups is 1. The lowest BCUT2D eigenvalue weighted by Gasteiger charge is -2.41. The molecule has 1 aromatic carbocycles. The summed E-state index contributed by atoms with van der Waals surface area (Å²) in [7, 11) is 0. The Balaban J connectivity index is 1.80. The average molecular weight is 294 g/mol. The van der Waals surface area contributed by atoms with E-state index in [-0.39, 0.29) is 0 Å². The van der Waals surface area contributed by atoms with Gasteiger partial charge >= 0.3 is 0 Å². The normalized spacial score (nSPS) is 23.8. The Morgan fingerprint density at radius 1 is 1.23 bits per heavy atom. The Bertz CT molecular complexity index is 616. The number of rotatable bonds is 3. The molecule has 2 aliphatic carbocycles. The van der Waals surface area contributed by atoms with Crippen molar-refractivity contribution in [1.29, 1.82) is 0 Å². The Morgan fingerprint density at radius 3 is 2.64 bits per heavy atom. The highest BCUT2D eigenvalue weighted by molar-refractivity contribution is 5.76. The lowest BCUT2D eigenvalue weighted by Crippen LogP contribution is -2.26. The zero-order valence-electron chi connectivity index (χ0n) is 13.8. The first-order valence-electron chi connectivity index (χ1n) is 8.47. The first kappa shape index (κ1) is 15.3. The van der Waals surface area contributed by atoms with Crippen LogP contribution in [0.3, 0.4) is 0 Å². The molecule has 1 aromatic rings. The van der Waals surface area contributed by atoms with Crippen molar-refractivity contribution in [1.82, 2.24) is 0 Å². The second kappa shape index (κ2) is 5.87. The Kier molecular flexibility index (Phi) is 4.08. The highest BCUT2D eigenvalue weighted by Crippen LogP contribution is 2.49. The van der Waals surface area contributed by atoms with Gasteiger partial charge in [-0.1, -0.05) is 55.8 Å². The second-order valence-corrected chi connectivity index (χ2v) is 7.52. The molecule has 0 saturated heterocycles. The van der Waals surface area contributed by atoms with Crippen LogP contribution < -0.4 is 0 Å². The van der Waals surface area contributed by atoms with Crippen LogP contribution in [0.1, 0.15) is 68.3 Å². The zero-order chi connectivity index (χ0) is 15.7. The van der Waals surface area contributed by atoms with Gasteiger partial charge in [0, 0.05) is 5.56 Å². The molecule has 1 unspecified atom stereocenters. The van der Waals surface area contributed by atoms with Gasteiger partial charge in [-0.2, -0.15) is 0 Å². The molecule has 0 spiro atoms. The van der Waals surface area contributed by atoms with E-state index in [2.05, 4.69) is 20.4 Å². The number of hydrogen-bond donors (Lipinski definition) is 0. The molecule has 1 heteroatoms. The summed E-state index contributed by atoms with van der Waals surface area (Å²) in [6.07, 6.45) is 8.53. The molecule has 22 heavy (non-hydrogen) atoms. The van der Waals surface area contributed by atoms with Crippen molar-refractivity contribution in [3.63, 3.8) is 0 Å². The molecule has 0 radical (unpaired) electrons. The van der Waals surface area contributed by atoms with Crippen molar-refractivity contribution in [2.75, 3.05) is 0 Å². The van der Waals surface area contributed by atoms with E-state index in [4.69, 9.17) is 0 Å². The van der Waals surface area contributed by atoms with Crippen LogP contribution in [-0.2, 0) is 0 Å². The van der Waals surface area contributed by atoms with Crippen molar-refractivity contribution in [2.45, 2.75) is 52.4 Å². The first-order chi connectivity index (χ1) is 10.5. The minimum absolute atomic E-state index is 0.369. The molecule has 2 aliphatic rings. The van der Waals surface area contributed by atoms with Gasteiger partial charge in [0.1, 0.15) is 6.29 Å². The summed E-state index contributed by atoms with van der Waals surface area (Å²) in [5.41, 5.74) is 6.97. The van der Waals surface area contributed by atoms with E-state index < -0.39 is 0 Å². The lowest BCUT2D eigenvalue weighted by atomic mass is 9.64. The van der Waals surface area contributed by atoms with Crippen LogP contribution in [0.2, 0.25) is 0 Å². The minimum atomic E-state index is 0.369. The number of carbonyl (C=O) groups excluding carboxylic acids is 1. The van der Waals surface area contributed by atoms with Gasteiger partial charge in [0.05, 0.1) is 0 Å². The van der Waals surface area contributed by atoms with E-state index >= 15 is 0 Å². The fraction of sp³-hybridized carbons (Fsp3) is 0.476. The van der Waals surface area contributed by atoms with Crippen LogP contribution in [0, 0.1) is 11.3 Å². The molecule has 0 heterocycles. The van der Waals surface area contributed by atoms with Gasteiger partial charge in [-0.3, -0.25) is 4.79 Å². The molecule has 3 rings (SSSR count). The molecule has 0 fully saturated rings. The summed E-state index contributed by atoms with van der Waals surface area (Å²) < 4.78 is 0. The Hall–Kier alpha value is -1.63. The Morgan fingerprint density at radius 2 is 1.95 bits per heavy atom. The van der Waals surface area contributed by atoms with Crippen molar-refractivity contribution in [3.05, 3.63) is 53.1 Å². The van der Waals surface area contributed by atoms with Gasteiger partial charge in [0.2, 0.25) is 0 Å². The molecule has 0 N–H and O–H groups in total. The number of allylic oxidation sites excluding steroid dienone is 3. The van der Waals surface area contributed by atoms with E-state index in [1.807, 2.05) is 24.3 Å². The summed E-state index contributed by atoms with van der Waals surface area (Å²) in [4.78, 5) is 10.8. The van der Waals surface area contributed by atoms with Gasteiger partial charge in [-0.15, -0.1) is 0 Å². The number of aldehydes is 1. The molecule has 0 saturated carbocycles. The number of benzene rings is 1. The van der Waals surface area contributed by atoms with E-state index in [9.17, 15) is 4.79 Å². The molecule has 1 atom stereocenters. The van der Waals surface area contributed by atoms with Crippen LogP contribution in [0.5, 0.6) is 0 Å².